The third kappa shape index (κ3) is 3.11. The van der Waals surface area contributed by atoms with Gasteiger partial charge in [0.05, 0.1) is 28.3 Å². The number of hydrogen-bond acceptors (Lipinski definition) is 1. The number of benzene rings is 6. The number of hydrogen-bond donors (Lipinski definition) is 0. The number of aryl methyl sites for hydroxylation is 5. The Morgan fingerprint density at radius 1 is 0.569 bits per heavy atom. The molecule has 0 saturated heterocycles. The van der Waals surface area contributed by atoms with E-state index in [1.165, 1.54) is 99.7 Å². The van der Waals surface area contributed by atoms with Crippen molar-refractivity contribution in [2.24, 2.45) is 0 Å². The molecule has 8 aromatic rings. The first-order chi connectivity index (χ1) is 24.9. The van der Waals surface area contributed by atoms with Crippen molar-refractivity contribution in [3.05, 3.63) is 154 Å². The third-order valence-electron chi connectivity index (χ3n) is 12.8. The average Bonchev–Trinajstić information content (AvgIpc) is 3.64. The maximum atomic E-state index is 2.74. The maximum Gasteiger partial charge on any atom is 0.170 e. The Morgan fingerprint density at radius 3 is 2.04 bits per heavy atom. The van der Waals surface area contributed by atoms with Crippen molar-refractivity contribution in [2.45, 2.75) is 46.2 Å². The summed E-state index contributed by atoms with van der Waals surface area (Å²) < 4.78 is 5.39. The Hall–Kier alpha value is -5.58. The first-order valence-corrected chi connectivity index (χ1v) is 20.4. The molecule has 0 saturated carbocycles. The van der Waals surface area contributed by atoms with E-state index in [0.29, 0.717) is 0 Å². The summed E-state index contributed by atoms with van der Waals surface area (Å²) >= 11 is 0. The second-order valence-corrected chi connectivity index (χ2v) is 19.5. The zero-order valence-corrected chi connectivity index (χ0v) is 30.5. The largest absolute Gasteiger partial charge is 0.334 e. The van der Waals surface area contributed by atoms with Gasteiger partial charge in [0, 0.05) is 50.0 Å². The lowest BCUT2D eigenvalue weighted by Gasteiger charge is -2.58. The van der Waals surface area contributed by atoms with Gasteiger partial charge in [-0.05, 0) is 110 Å². The molecule has 4 aliphatic rings. The summed E-state index contributed by atoms with van der Waals surface area (Å²) in [6.07, 6.45) is 5.06. The van der Waals surface area contributed by atoms with Gasteiger partial charge in [-0.3, -0.25) is 0 Å². The summed E-state index contributed by atoms with van der Waals surface area (Å²) in [5, 5.41) is 8.81. The topological polar surface area (TPSA) is 13.1 Å². The van der Waals surface area contributed by atoms with Crippen molar-refractivity contribution >= 4 is 73.8 Å². The lowest BCUT2D eigenvalue weighted by Crippen LogP contribution is -2.80. The Kier molecular flexibility index (Phi) is 5.08. The molecular weight excluding hydrogens is 635 g/mol. The van der Waals surface area contributed by atoms with Gasteiger partial charge in [-0.25, -0.2) is 0 Å². The molecule has 0 fully saturated rings. The smallest absolute Gasteiger partial charge is 0.170 e. The minimum atomic E-state index is -2.85. The van der Waals surface area contributed by atoms with E-state index in [2.05, 4.69) is 170 Å². The summed E-state index contributed by atoms with van der Waals surface area (Å²) in [7, 11) is -2.85. The Bertz CT molecular complexity index is 2920. The van der Waals surface area contributed by atoms with Crippen molar-refractivity contribution in [1.82, 2.24) is 9.13 Å². The number of rotatable bonds is 2. The number of anilines is 2. The molecule has 3 unspecified atom stereocenters. The quantitative estimate of drug-likeness (QED) is 0.167. The SMILES string of the molecule is Cc1ccc(N2c3c(C)cc4c5cc(C)ccc5n5c4c3[Si]3(c4ccccc4)c4c(ccc(C)c4-5)-n4c5c(c6cc(C)ccc64)C=CC2C53)cc1. The molecule has 6 aromatic carbocycles. The first kappa shape index (κ1) is 28.2. The van der Waals surface area contributed by atoms with Crippen molar-refractivity contribution in [2.75, 3.05) is 4.90 Å². The fourth-order valence-electron chi connectivity index (χ4n) is 11.0. The predicted molar refractivity (Wildman–Crippen MR) is 217 cm³/mol. The molecule has 0 radical (unpaired) electrons. The minimum Gasteiger partial charge on any atom is -0.334 e. The van der Waals surface area contributed by atoms with Gasteiger partial charge in [0.25, 0.3) is 0 Å². The summed E-state index contributed by atoms with van der Waals surface area (Å²) in [4.78, 5) is 2.74. The lowest BCUT2D eigenvalue weighted by atomic mass is 9.93. The van der Waals surface area contributed by atoms with Crippen LogP contribution < -0.4 is 20.5 Å². The second-order valence-electron chi connectivity index (χ2n) is 15.7. The van der Waals surface area contributed by atoms with Gasteiger partial charge in [-0.2, -0.15) is 0 Å². The fraction of sp³-hybridized carbons (Fsp3) is 0.149. The predicted octanol–water partition coefficient (Wildman–Crippen LogP) is 9.24. The molecule has 0 bridgehead atoms. The molecule has 3 nitrogen and oxygen atoms in total. The summed E-state index contributed by atoms with van der Waals surface area (Å²) in [6.45, 7) is 11.4. The highest BCUT2D eigenvalue weighted by molar-refractivity contribution is 7.16. The van der Waals surface area contributed by atoms with E-state index in [1.54, 1.807) is 10.4 Å². The van der Waals surface area contributed by atoms with Gasteiger partial charge in [0.1, 0.15) is 0 Å². The fourth-order valence-corrected chi connectivity index (χ4v) is 17.6. The van der Waals surface area contributed by atoms with Gasteiger partial charge in [-0.1, -0.05) is 89.5 Å². The van der Waals surface area contributed by atoms with Crippen LogP contribution in [-0.4, -0.2) is 23.2 Å². The molecule has 244 valence electrons. The van der Waals surface area contributed by atoms with Crippen LogP contribution in [0.25, 0.3) is 50.2 Å². The van der Waals surface area contributed by atoms with E-state index in [1.807, 2.05) is 0 Å². The molecule has 51 heavy (non-hydrogen) atoms. The molecule has 0 N–H and O–H groups in total. The Morgan fingerprint density at radius 2 is 1.27 bits per heavy atom. The summed E-state index contributed by atoms with van der Waals surface area (Å²) in [6, 6.07) is 42.9. The standard InChI is InChI=1S/C47H37N3Si/c1-26-11-16-31(17-12-26)48-39-22-18-33-34-23-27(2)13-19-37(34)49-40-21-15-29(4)41-45(40)51(46(39)43(33)49,32-9-7-6-8-10-32)47-42(48)30(5)25-36-35-24-28(3)14-20-38(35)50(41)44(36)47/h6-25,39,46H,1-5H3. The Labute approximate surface area is 298 Å². The van der Waals surface area contributed by atoms with Crippen molar-refractivity contribution in [3.63, 3.8) is 0 Å². The summed E-state index contributed by atoms with van der Waals surface area (Å²) in [5.41, 5.74) is 19.3. The highest BCUT2D eigenvalue weighted by Gasteiger charge is 2.64. The van der Waals surface area contributed by atoms with E-state index >= 15 is 0 Å². The number of fused-ring (bicyclic) bond motifs is 8. The number of aromatic nitrogens is 2. The van der Waals surface area contributed by atoms with Gasteiger partial charge >= 0.3 is 0 Å². The van der Waals surface area contributed by atoms with Crippen LogP contribution in [0.1, 0.15) is 44.6 Å². The van der Waals surface area contributed by atoms with E-state index in [-0.39, 0.29) is 11.6 Å². The average molecular weight is 672 g/mol. The van der Waals surface area contributed by atoms with Crippen LogP contribution in [-0.2, 0) is 0 Å². The van der Waals surface area contributed by atoms with Gasteiger partial charge < -0.3 is 14.0 Å². The van der Waals surface area contributed by atoms with E-state index < -0.39 is 8.07 Å². The first-order valence-electron chi connectivity index (χ1n) is 18.4. The highest BCUT2D eigenvalue weighted by Crippen LogP contribution is 2.56. The van der Waals surface area contributed by atoms with Crippen LogP contribution in [0, 0.1) is 34.6 Å². The zero-order chi connectivity index (χ0) is 34.1. The molecule has 12 rings (SSSR count). The van der Waals surface area contributed by atoms with Crippen LogP contribution in [0.2, 0.25) is 0 Å². The Balaban J connectivity index is 1.41. The molecule has 4 heteroatoms. The normalized spacial score (nSPS) is 20.2. The monoisotopic (exact) mass is 671 g/mol. The van der Waals surface area contributed by atoms with Crippen molar-refractivity contribution < 1.29 is 0 Å². The molecular formula is C47H37N3Si. The van der Waals surface area contributed by atoms with Crippen LogP contribution in [0.3, 0.4) is 0 Å². The van der Waals surface area contributed by atoms with Gasteiger partial charge in [0.15, 0.2) is 8.07 Å². The van der Waals surface area contributed by atoms with Crippen LogP contribution >= 0.6 is 0 Å². The van der Waals surface area contributed by atoms with Gasteiger partial charge in [0.2, 0.25) is 0 Å². The van der Waals surface area contributed by atoms with Gasteiger partial charge in [-0.15, -0.1) is 0 Å². The summed E-state index contributed by atoms with van der Waals surface area (Å²) in [5.74, 6) is 0. The third-order valence-corrected chi connectivity index (χ3v) is 18.2. The molecule has 3 aliphatic heterocycles. The van der Waals surface area contributed by atoms with E-state index in [4.69, 9.17) is 0 Å². The molecule has 3 atom stereocenters. The maximum absolute atomic E-state index is 2.85. The number of nitrogens with zero attached hydrogens (tertiary/aromatic N) is 3. The van der Waals surface area contributed by atoms with E-state index in [9.17, 15) is 0 Å². The van der Waals surface area contributed by atoms with Crippen LogP contribution in [0.15, 0.2) is 115 Å². The minimum absolute atomic E-state index is 0.152. The van der Waals surface area contributed by atoms with Crippen LogP contribution in [0.5, 0.6) is 0 Å². The van der Waals surface area contributed by atoms with Crippen LogP contribution in [0.4, 0.5) is 11.4 Å². The zero-order valence-electron chi connectivity index (χ0n) is 29.5. The highest BCUT2D eigenvalue weighted by atomic mass is 28.3. The molecule has 1 aliphatic carbocycles. The van der Waals surface area contributed by atoms with Crippen molar-refractivity contribution in [1.29, 1.82) is 0 Å². The molecule has 0 spiro atoms. The molecule has 5 heterocycles. The second kappa shape index (κ2) is 9.20. The molecule has 2 aromatic heterocycles. The van der Waals surface area contributed by atoms with E-state index in [0.717, 1.165) is 0 Å². The molecule has 0 amide bonds. The lowest BCUT2D eigenvalue weighted by molar-refractivity contribution is 0.682. The van der Waals surface area contributed by atoms with Crippen molar-refractivity contribution in [3.8, 4) is 11.4 Å².